The van der Waals surface area contributed by atoms with Crippen molar-refractivity contribution < 1.29 is 28.4 Å². The number of aryl methyl sites for hydroxylation is 1. The summed E-state index contributed by atoms with van der Waals surface area (Å²) in [6, 6.07) is 3.03. The second-order valence-electron chi connectivity index (χ2n) is 11.9. The number of hydrogen-bond acceptors (Lipinski definition) is 10. The van der Waals surface area contributed by atoms with E-state index in [1.54, 1.807) is 16.9 Å². The SMILES string of the molecule is CCCC1(c2nc(-c3cc(OC)nc(C(=O)O)c3)no2)CCC(C)(OCc2c(-c3c(Cl)cnn3C)noc2C2CC2)CC1. The van der Waals surface area contributed by atoms with E-state index in [4.69, 9.17) is 35.1 Å². The highest BCUT2D eigenvalue weighted by Crippen LogP contribution is 2.49. The number of rotatable bonds is 11. The van der Waals surface area contributed by atoms with Crippen LogP contribution in [0.3, 0.4) is 0 Å². The highest BCUT2D eigenvalue weighted by molar-refractivity contribution is 6.33. The first-order valence-electron chi connectivity index (χ1n) is 14.6. The number of nitrogens with zero attached hydrogens (tertiary/aromatic N) is 6. The van der Waals surface area contributed by atoms with E-state index >= 15 is 0 Å². The Morgan fingerprint density at radius 1 is 1.16 bits per heavy atom. The monoisotopic (exact) mass is 610 g/mol. The van der Waals surface area contributed by atoms with Crippen LogP contribution >= 0.6 is 11.6 Å². The Morgan fingerprint density at radius 2 is 1.93 bits per heavy atom. The molecule has 228 valence electrons. The van der Waals surface area contributed by atoms with E-state index in [0.717, 1.165) is 68.4 Å². The zero-order valence-corrected chi connectivity index (χ0v) is 25.5. The smallest absolute Gasteiger partial charge is 0.354 e. The van der Waals surface area contributed by atoms with Gasteiger partial charge in [0.15, 0.2) is 5.69 Å². The minimum absolute atomic E-state index is 0.152. The van der Waals surface area contributed by atoms with Gasteiger partial charge in [-0.2, -0.15) is 10.1 Å². The molecule has 1 N–H and O–H groups in total. The number of carbonyl (C=O) groups is 1. The molecule has 12 nitrogen and oxygen atoms in total. The van der Waals surface area contributed by atoms with Gasteiger partial charge < -0.3 is 23.6 Å². The van der Waals surface area contributed by atoms with Crippen LogP contribution in [0.2, 0.25) is 5.02 Å². The Morgan fingerprint density at radius 3 is 2.56 bits per heavy atom. The van der Waals surface area contributed by atoms with Crippen molar-refractivity contribution >= 4 is 17.6 Å². The summed E-state index contributed by atoms with van der Waals surface area (Å²) in [6.45, 7) is 4.66. The Balaban J connectivity index is 1.21. The van der Waals surface area contributed by atoms with Crippen LogP contribution in [0.15, 0.2) is 27.4 Å². The topological polar surface area (TPSA) is 151 Å². The number of aromatic carboxylic acids is 1. The maximum atomic E-state index is 11.6. The summed E-state index contributed by atoms with van der Waals surface area (Å²) in [6.07, 6.45) is 8.79. The second kappa shape index (κ2) is 11.4. The third-order valence-corrected chi connectivity index (χ3v) is 9.09. The molecule has 0 amide bonds. The lowest BCUT2D eigenvalue weighted by Gasteiger charge is -2.43. The number of methoxy groups -OCH3 is 1. The summed E-state index contributed by atoms with van der Waals surface area (Å²) in [5, 5.41) is 22.9. The molecule has 0 bridgehead atoms. The average molecular weight is 611 g/mol. The molecule has 0 aromatic carbocycles. The lowest BCUT2D eigenvalue weighted by atomic mass is 9.66. The maximum Gasteiger partial charge on any atom is 0.354 e. The van der Waals surface area contributed by atoms with Gasteiger partial charge in [-0.05, 0) is 57.9 Å². The van der Waals surface area contributed by atoms with Gasteiger partial charge in [0.1, 0.15) is 17.1 Å². The molecule has 0 saturated heterocycles. The average Bonchev–Trinajstić information content (AvgIpc) is 3.40. The summed E-state index contributed by atoms with van der Waals surface area (Å²) in [5.41, 5.74) is 1.99. The molecule has 2 aliphatic rings. The van der Waals surface area contributed by atoms with Crippen LogP contribution in [0.1, 0.15) is 98.8 Å². The predicted molar refractivity (Wildman–Crippen MR) is 155 cm³/mol. The highest BCUT2D eigenvalue weighted by Gasteiger charge is 2.45. The van der Waals surface area contributed by atoms with Crippen LogP contribution < -0.4 is 4.74 Å². The fourth-order valence-electron chi connectivity index (χ4n) is 6.09. The molecule has 2 saturated carbocycles. The standard InChI is InChI=1S/C30H35ClN6O6/c1-5-8-30(28-34-26(36-43-28)18-13-21(27(38)39)33-22(14-18)40-4)11-9-29(2,10-12-30)41-16-19-23(24-20(31)15-32-37(24)3)35-42-25(19)17-6-7-17/h13-15,17H,5-12,16H2,1-4H3,(H,38,39). The molecule has 0 unspecified atom stereocenters. The Labute approximate surface area is 253 Å². The van der Waals surface area contributed by atoms with E-state index in [2.05, 4.69) is 34.2 Å². The molecule has 0 aliphatic heterocycles. The van der Waals surface area contributed by atoms with Gasteiger partial charge in [0, 0.05) is 30.0 Å². The maximum absolute atomic E-state index is 11.6. The molecule has 13 heteroatoms. The first-order valence-corrected chi connectivity index (χ1v) is 15.0. The molecular formula is C30H35ClN6O6. The molecule has 43 heavy (non-hydrogen) atoms. The number of pyridine rings is 1. The van der Waals surface area contributed by atoms with Crippen LogP contribution in [0.5, 0.6) is 5.88 Å². The van der Waals surface area contributed by atoms with Crippen molar-refractivity contribution in [2.45, 2.75) is 88.8 Å². The van der Waals surface area contributed by atoms with E-state index in [1.165, 1.54) is 13.2 Å². The quantitative estimate of drug-likeness (QED) is 0.202. The molecule has 2 aliphatic carbocycles. The van der Waals surface area contributed by atoms with Crippen molar-refractivity contribution in [2.75, 3.05) is 7.11 Å². The molecule has 6 rings (SSSR count). The van der Waals surface area contributed by atoms with Gasteiger partial charge in [-0.3, -0.25) is 4.68 Å². The van der Waals surface area contributed by atoms with Crippen molar-refractivity contribution in [1.29, 1.82) is 0 Å². The lowest BCUT2D eigenvalue weighted by molar-refractivity contribution is -0.0823. The number of ether oxygens (including phenoxy) is 2. The summed E-state index contributed by atoms with van der Waals surface area (Å²) in [4.78, 5) is 20.3. The second-order valence-corrected chi connectivity index (χ2v) is 12.3. The van der Waals surface area contributed by atoms with Crippen molar-refractivity contribution in [1.82, 2.24) is 30.1 Å². The van der Waals surface area contributed by atoms with Gasteiger partial charge in [-0.25, -0.2) is 9.78 Å². The Kier molecular flexibility index (Phi) is 7.76. The molecule has 0 radical (unpaired) electrons. The number of carboxylic acids is 1. The summed E-state index contributed by atoms with van der Waals surface area (Å²) in [5.74, 6) is 1.11. The zero-order chi connectivity index (χ0) is 30.4. The van der Waals surface area contributed by atoms with Crippen LogP contribution in [0.25, 0.3) is 22.8 Å². The fraction of sp³-hybridized carbons (Fsp3) is 0.533. The van der Waals surface area contributed by atoms with Crippen LogP contribution in [-0.4, -0.2) is 53.8 Å². The number of aromatic nitrogens is 6. The van der Waals surface area contributed by atoms with Gasteiger partial charge in [0.2, 0.25) is 17.6 Å². The van der Waals surface area contributed by atoms with Crippen LogP contribution in [0, 0.1) is 0 Å². The fourth-order valence-corrected chi connectivity index (χ4v) is 6.35. The Hall–Kier alpha value is -3.77. The third-order valence-electron chi connectivity index (χ3n) is 8.81. The van der Waals surface area contributed by atoms with Crippen molar-refractivity contribution in [3.63, 3.8) is 0 Å². The van der Waals surface area contributed by atoms with Crippen LogP contribution in [-0.2, 0) is 23.8 Å². The third kappa shape index (κ3) is 5.65. The molecule has 4 heterocycles. The van der Waals surface area contributed by atoms with E-state index in [-0.39, 0.29) is 22.6 Å². The molecule has 2 fully saturated rings. The van der Waals surface area contributed by atoms with Crippen LogP contribution in [0.4, 0.5) is 0 Å². The van der Waals surface area contributed by atoms with Crippen molar-refractivity contribution in [3.8, 4) is 28.7 Å². The lowest BCUT2D eigenvalue weighted by Crippen LogP contribution is -2.41. The highest BCUT2D eigenvalue weighted by atomic mass is 35.5. The first kappa shape index (κ1) is 29.3. The predicted octanol–water partition coefficient (Wildman–Crippen LogP) is 6.35. The van der Waals surface area contributed by atoms with Gasteiger partial charge in [-0.1, -0.05) is 35.3 Å². The number of halogens is 1. The van der Waals surface area contributed by atoms with Gasteiger partial charge in [-0.15, -0.1) is 0 Å². The zero-order valence-electron chi connectivity index (χ0n) is 24.7. The normalized spacial score (nSPS) is 22.2. The van der Waals surface area contributed by atoms with Crippen molar-refractivity contribution in [3.05, 3.63) is 46.3 Å². The largest absolute Gasteiger partial charge is 0.481 e. The van der Waals surface area contributed by atoms with Crippen molar-refractivity contribution in [2.24, 2.45) is 7.05 Å². The number of hydrogen-bond donors (Lipinski definition) is 1. The minimum Gasteiger partial charge on any atom is -0.481 e. The van der Waals surface area contributed by atoms with E-state index in [1.807, 2.05) is 7.05 Å². The number of carboxylic acid groups (broad SMARTS) is 1. The summed E-state index contributed by atoms with van der Waals surface area (Å²) in [7, 11) is 3.27. The molecule has 0 atom stereocenters. The van der Waals surface area contributed by atoms with Gasteiger partial charge in [0.05, 0.1) is 36.1 Å². The van der Waals surface area contributed by atoms with Gasteiger partial charge in [0.25, 0.3) is 0 Å². The molecule has 0 spiro atoms. The molecule has 4 aromatic heterocycles. The minimum atomic E-state index is -1.16. The summed E-state index contributed by atoms with van der Waals surface area (Å²) < 4.78 is 25.3. The Bertz CT molecular complexity index is 1610. The van der Waals surface area contributed by atoms with E-state index < -0.39 is 5.97 Å². The van der Waals surface area contributed by atoms with E-state index in [9.17, 15) is 9.90 Å². The van der Waals surface area contributed by atoms with Gasteiger partial charge >= 0.3 is 5.97 Å². The molecule has 4 aromatic rings. The summed E-state index contributed by atoms with van der Waals surface area (Å²) >= 11 is 6.47. The molecular weight excluding hydrogens is 576 g/mol. The van der Waals surface area contributed by atoms with E-state index in [0.29, 0.717) is 40.5 Å². The first-order chi connectivity index (χ1) is 20.6.